The maximum atomic E-state index is 12.6. The van der Waals surface area contributed by atoms with Crippen molar-refractivity contribution < 1.29 is 23.4 Å². The van der Waals surface area contributed by atoms with Gasteiger partial charge in [0.05, 0.1) is 28.3 Å². The van der Waals surface area contributed by atoms with Gasteiger partial charge in [0, 0.05) is 31.4 Å². The Hall–Kier alpha value is -3.63. The number of hydrogen-bond acceptors (Lipinski definition) is 7. The highest BCUT2D eigenvalue weighted by atomic mass is 19.4. The minimum absolute atomic E-state index is 0.0989. The molecule has 0 saturated carbocycles. The smallest absolute Gasteiger partial charge is 0.396 e. The van der Waals surface area contributed by atoms with E-state index in [1.54, 1.807) is 37.3 Å². The van der Waals surface area contributed by atoms with Crippen LogP contribution in [-0.4, -0.2) is 30.0 Å². The van der Waals surface area contributed by atoms with Crippen LogP contribution in [-0.2, 0) is 6.18 Å². The van der Waals surface area contributed by atoms with Crippen LogP contribution in [0.1, 0.15) is 12.5 Å². The van der Waals surface area contributed by atoms with E-state index in [4.69, 9.17) is 10.2 Å². The van der Waals surface area contributed by atoms with Crippen LogP contribution in [0.25, 0.3) is 0 Å². The molecule has 0 spiro atoms. The first kappa shape index (κ1) is 26.6. The van der Waals surface area contributed by atoms with Gasteiger partial charge in [0.15, 0.2) is 0 Å². The van der Waals surface area contributed by atoms with Gasteiger partial charge in [-0.1, -0.05) is 12.7 Å². The van der Waals surface area contributed by atoms with Crippen molar-refractivity contribution in [3.8, 4) is 0 Å². The van der Waals surface area contributed by atoms with Gasteiger partial charge in [-0.15, -0.1) is 0 Å². The zero-order valence-corrected chi connectivity index (χ0v) is 18.6. The van der Waals surface area contributed by atoms with E-state index in [1.807, 2.05) is 12.1 Å². The summed E-state index contributed by atoms with van der Waals surface area (Å²) < 4.78 is 37.8. The molecule has 0 aromatic heterocycles. The number of anilines is 1. The molecule has 0 aliphatic rings. The zero-order valence-electron chi connectivity index (χ0n) is 18.6. The molecule has 0 aliphatic carbocycles. The predicted octanol–water partition coefficient (Wildman–Crippen LogP) is 6.56. The van der Waals surface area contributed by atoms with Crippen LogP contribution >= 0.6 is 0 Å². The Bertz CT molecular complexity index is 1040. The Morgan fingerprint density at radius 3 is 2.03 bits per heavy atom. The number of nitrogens with one attached hydrogen (secondary N) is 1. The quantitative estimate of drug-likeness (QED) is 0.254. The third kappa shape index (κ3) is 9.08. The number of allylic oxidation sites excluding steroid dienone is 3. The first-order valence-electron chi connectivity index (χ1n) is 10.3. The lowest BCUT2D eigenvalue weighted by Gasteiger charge is -2.12. The maximum absolute atomic E-state index is 12.6. The summed E-state index contributed by atoms with van der Waals surface area (Å²) in [5.74, 6) is -0.229. The molecule has 0 atom stereocenters. The number of nitrogens with zero attached hydrogens (tertiary/aromatic N) is 4. The van der Waals surface area contributed by atoms with Gasteiger partial charge in [-0.2, -0.15) is 33.6 Å². The van der Waals surface area contributed by atoms with Gasteiger partial charge < -0.3 is 15.5 Å². The van der Waals surface area contributed by atoms with Crippen molar-refractivity contribution in [2.24, 2.45) is 26.4 Å². The number of benzene rings is 2. The van der Waals surface area contributed by atoms with Crippen molar-refractivity contribution in [2.45, 2.75) is 13.1 Å². The highest BCUT2D eigenvalue weighted by molar-refractivity contribution is 5.50. The summed E-state index contributed by atoms with van der Waals surface area (Å²) in [6, 6.07) is 11.5. The minimum atomic E-state index is -4.40. The molecule has 180 valence electrons. The van der Waals surface area contributed by atoms with E-state index in [1.165, 1.54) is 12.1 Å². The van der Waals surface area contributed by atoms with Crippen molar-refractivity contribution in [3.63, 3.8) is 0 Å². The SMILES string of the molecule is C=C(/C=C\C(=C/C)N=Nc1ccc(NCC(CO)CO)cc1)N=Nc1ccc(C(F)(F)F)cc1. The summed E-state index contributed by atoms with van der Waals surface area (Å²) in [4.78, 5) is 0. The van der Waals surface area contributed by atoms with Crippen molar-refractivity contribution >= 4 is 17.1 Å². The van der Waals surface area contributed by atoms with E-state index in [0.29, 0.717) is 17.9 Å². The van der Waals surface area contributed by atoms with Crippen molar-refractivity contribution in [3.05, 3.63) is 90.3 Å². The molecule has 0 bridgehead atoms. The highest BCUT2D eigenvalue weighted by Gasteiger charge is 2.29. The van der Waals surface area contributed by atoms with Gasteiger partial charge in [-0.3, -0.25) is 0 Å². The van der Waals surface area contributed by atoms with Gasteiger partial charge in [-0.05, 0) is 67.6 Å². The summed E-state index contributed by atoms with van der Waals surface area (Å²) in [6.45, 7) is 5.77. The molecule has 2 rings (SSSR count). The third-order valence-corrected chi connectivity index (χ3v) is 4.49. The Morgan fingerprint density at radius 2 is 1.50 bits per heavy atom. The number of azo groups is 2. The summed E-state index contributed by atoms with van der Waals surface area (Å²) in [5.41, 5.74) is 1.80. The van der Waals surface area contributed by atoms with E-state index < -0.39 is 11.7 Å². The molecule has 0 heterocycles. The van der Waals surface area contributed by atoms with E-state index in [2.05, 4.69) is 32.4 Å². The number of rotatable bonds is 11. The molecule has 7 nitrogen and oxygen atoms in total. The van der Waals surface area contributed by atoms with Crippen LogP contribution in [0.3, 0.4) is 0 Å². The number of aliphatic hydroxyl groups excluding tert-OH is 2. The molecule has 0 aliphatic heterocycles. The van der Waals surface area contributed by atoms with E-state index >= 15 is 0 Å². The van der Waals surface area contributed by atoms with Crippen LogP contribution in [0.5, 0.6) is 0 Å². The lowest BCUT2D eigenvalue weighted by Crippen LogP contribution is -2.21. The number of alkyl halides is 3. The molecule has 0 saturated heterocycles. The average Bonchev–Trinajstić information content (AvgIpc) is 2.84. The number of aliphatic hydroxyl groups is 2. The zero-order chi connectivity index (χ0) is 25.0. The lowest BCUT2D eigenvalue weighted by molar-refractivity contribution is -0.137. The minimum Gasteiger partial charge on any atom is -0.396 e. The van der Waals surface area contributed by atoms with Gasteiger partial charge >= 0.3 is 6.18 Å². The largest absolute Gasteiger partial charge is 0.416 e. The van der Waals surface area contributed by atoms with Gasteiger partial charge in [-0.25, -0.2) is 0 Å². The Morgan fingerprint density at radius 1 is 0.941 bits per heavy atom. The molecule has 2 aromatic rings. The van der Waals surface area contributed by atoms with Crippen LogP contribution in [0, 0.1) is 5.92 Å². The molecule has 0 fully saturated rings. The van der Waals surface area contributed by atoms with Gasteiger partial charge in [0.2, 0.25) is 0 Å². The highest BCUT2D eigenvalue weighted by Crippen LogP contribution is 2.30. The second-order valence-electron chi connectivity index (χ2n) is 7.14. The summed E-state index contributed by atoms with van der Waals surface area (Å²) in [7, 11) is 0. The monoisotopic (exact) mass is 473 g/mol. The van der Waals surface area contributed by atoms with Crippen molar-refractivity contribution in [1.29, 1.82) is 0 Å². The molecular weight excluding hydrogens is 447 g/mol. The summed E-state index contributed by atoms with van der Waals surface area (Å²) in [6.07, 6.45) is 0.536. The molecule has 2 aromatic carbocycles. The van der Waals surface area contributed by atoms with Crippen molar-refractivity contribution in [1.82, 2.24) is 0 Å². The predicted molar refractivity (Wildman–Crippen MR) is 125 cm³/mol. The Balaban J connectivity index is 1.91. The van der Waals surface area contributed by atoms with E-state index in [-0.39, 0.29) is 30.5 Å². The molecule has 0 unspecified atom stereocenters. The fourth-order valence-electron chi connectivity index (χ4n) is 2.45. The standard InChI is InChI=1S/C24H26F3N5O2/c1-3-20(30-32-23-12-10-21(11-13-23)28-14-18(15-33)16-34)7-4-17(2)29-31-22-8-5-19(6-9-22)24(25,26)27/h3-13,18,28,33-34H,2,14-16H2,1H3/b7-4-,20-3+,31-29?,32-30?. The van der Waals surface area contributed by atoms with Crippen molar-refractivity contribution in [2.75, 3.05) is 25.1 Å². The maximum Gasteiger partial charge on any atom is 0.416 e. The average molecular weight is 473 g/mol. The van der Waals surface area contributed by atoms with Crippen LogP contribution in [0.4, 0.5) is 30.2 Å². The summed E-state index contributed by atoms with van der Waals surface area (Å²) >= 11 is 0. The molecule has 3 N–H and O–H groups in total. The van der Waals surface area contributed by atoms with Crippen LogP contribution in [0.2, 0.25) is 0 Å². The second-order valence-corrected chi connectivity index (χ2v) is 7.14. The second kappa shape index (κ2) is 13.2. The first-order valence-corrected chi connectivity index (χ1v) is 10.3. The summed E-state index contributed by atoms with van der Waals surface area (Å²) in [5, 5.41) is 37.4. The topological polar surface area (TPSA) is 102 Å². The number of halogens is 3. The molecule has 10 heteroatoms. The van der Waals surface area contributed by atoms with E-state index in [9.17, 15) is 13.2 Å². The lowest BCUT2D eigenvalue weighted by atomic mass is 10.1. The Labute approximate surface area is 195 Å². The first-order chi connectivity index (χ1) is 16.2. The fourth-order valence-corrected chi connectivity index (χ4v) is 2.45. The van der Waals surface area contributed by atoms with Crippen LogP contribution in [0.15, 0.2) is 105 Å². The number of hydrogen-bond donors (Lipinski definition) is 3. The molecule has 0 amide bonds. The molecular formula is C24H26F3N5O2. The molecule has 34 heavy (non-hydrogen) atoms. The van der Waals surface area contributed by atoms with Gasteiger partial charge in [0.25, 0.3) is 0 Å². The molecule has 0 radical (unpaired) electrons. The Kier molecular flexibility index (Phi) is 10.3. The van der Waals surface area contributed by atoms with E-state index in [0.717, 1.165) is 17.8 Å². The fraction of sp³-hybridized carbons (Fsp3) is 0.250. The van der Waals surface area contributed by atoms with Gasteiger partial charge in [0.1, 0.15) is 0 Å². The third-order valence-electron chi connectivity index (χ3n) is 4.49. The normalized spacial score (nSPS) is 13.0. The van der Waals surface area contributed by atoms with Crippen LogP contribution < -0.4 is 5.32 Å².